The number of rotatable bonds is 6. The SMILES string of the molecule is C=CCOc1cccc(/C=N/NC(=O)C(=O)NC(C)C)c1. The molecule has 0 fully saturated rings. The minimum Gasteiger partial charge on any atom is -0.490 e. The predicted molar refractivity (Wildman–Crippen MR) is 81.1 cm³/mol. The van der Waals surface area contributed by atoms with Crippen LogP contribution in [0.5, 0.6) is 5.75 Å². The van der Waals surface area contributed by atoms with Gasteiger partial charge >= 0.3 is 11.8 Å². The minimum atomic E-state index is -0.806. The van der Waals surface area contributed by atoms with Gasteiger partial charge in [0.1, 0.15) is 12.4 Å². The van der Waals surface area contributed by atoms with Gasteiger partial charge in [0.05, 0.1) is 6.21 Å². The van der Waals surface area contributed by atoms with Crippen LogP contribution in [0.4, 0.5) is 0 Å². The highest BCUT2D eigenvalue weighted by Crippen LogP contribution is 2.11. The van der Waals surface area contributed by atoms with Crippen molar-refractivity contribution in [3.05, 3.63) is 42.5 Å². The number of hydrogen-bond acceptors (Lipinski definition) is 4. The minimum absolute atomic E-state index is 0.106. The highest BCUT2D eigenvalue weighted by molar-refractivity contribution is 6.35. The summed E-state index contributed by atoms with van der Waals surface area (Å²) in [6.07, 6.45) is 3.08. The van der Waals surface area contributed by atoms with Crippen molar-refractivity contribution in [1.29, 1.82) is 0 Å². The quantitative estimate of drug-likeness (QED) is 0.358. The van der Waals surface area contributed by atoms with Crippen molar-refractivity contribution in [3.8, 4) is 5.75 Å². The molecule has 21 heavy (non-hydrogen) atoms. The number of carbonyl (C=O) groups excluding carboxylic acids is 2. The predicted octanol–water partition coefficient (Wildman–Crippen LogP) is 1.23. The molecule has 1 aromatic carbocycles. The first-order valence-electron chi connectivity index (χ1n) is 6.50. The summed E-state index contributed by atoms with van der Waals surface area (Å²) >= 11 is 0. The summed E-state index contributed by atoms with van der Waals surface area (Å²) < 4.78 is 5.37. The molecule has 0 atom stereocenters. The van der Waals surface area contributed by atoms with Gasteiger partial charge in [-0.2, -0.15) is 5.10 Å². The van der Waals surface area contributed by atoms with Crippen molar-refractivity contribution < 1.29 is 14.3 Å². The van der Waals surface area contributed by atoms with E-state index in [0.29, 0.717) is 12.4 Å². The normalized spacial score (nSPS) is 10.4. The average molecular weight is 289 g/mol. The van der Waals surface area contributed by atoms with E-state index in [0.717, 1.165) is 5.56 Å². The highest BCUT2D eigenvalue weighted by atomic mass is 16.5. The highest BCUT2D eigenvalue weighted by Gasteiger charge is 2.12. The summed E-state index contributed by atoms with van der Waals surface area (Å²) in [5.41, 5.74) is 2.90. The maximum absolute atomic E-state index is 11.4. The monoisotopic (exact) mass is 289 g/mol. The Balaban J connectivity index is 2.54. The molecular formula is C15H19N3O3. The number of hydrogen-bond donors (Lipinski definition) is 2. The van der Waals surface area contributed by atoms with Gasteiger partial charge in [-0.15, -0.1) is 0 Å². The summed E-state index contributed by atoms with van der Waals surface area (Å²) in [5, 5.41) is 6.20. The lowest BCUT2D eigenvalue weighted by Crippen LogP contribution is -2.41. The maximum atomic E-state index is 11.4. The van der Waals surface area contributed by atoms with Crippen LogP contribution in [0.2, 0.25) is 0 Å². The van der Waals surface area contributed by atoms with Crippen molar-refractivity contribution in [2.45, 2.75) is 19.9 Å². The van der Waals surface area contributed by atoms with Gasteiger partial charge in [-0.05, 0) is 31.5 Å². The van der Waals surface area contributed by atoms with Crippen LogP contribution < -0.4 is 15.5 Å². The molecule has 0 aliphatic carbocycles. The lowest BCUT2D eigenvalue weighted by molar-refractivity contribution is -0.139. The number of ether oxygens (including phenoxy) is 1. The van der Waals surface area contributed by atoms with Crippen molar-refractivity contribution in [2.24, 2.45) is 5.10 Å². The van der Waals surface area contributed by atoms with Crippen LogP contribution in [0.25, 0.3) is 0 Å². The van der Waals surface area contributed by atoms with Crippen LogP contribution in [-0.2, 0) is 9.59 Å². The van der Waals surface area contributed by atoms with E-state index < -0.39 is 11.8 Å². The third-order valence-corrected chi connectivity index (χ3v) is 2.23. The van der Waals surface area contributed by atoms with Crippen LogP contribution in [-0.4, -0.2) is 30.7 Å². The third kappa shape index (κ3) is 6.38. The van der Waals surface area contributed by atoms with E-state index in [1.165, 1.54) is 6.21 Å². The molecule has 0 unspecified atom stereocenters. The van der Waals surface area contributed by atoms with Gasteiger partial charge in [-0.3, -0.25) is 9.59 Å². The fourth-order valence-corrected chi connectivity index (χ4v) is 1.38. The molecule has 0 spiro atoms. The van der Waals surface area contributed by atoms with E-state index in [4.69, 9.17) is 4.74 Å². The first kappa shape index (κ1) is 16.4. The van der Waals surface area contributed by atoms with E-state index >= 15 is 0 Å². The third-order valence-electron chi connectivity index (χ3n) is 2.23. The Morgan fingerprint density at radius 1 is 1.38 bits per heavy atom. The fraction of sp³-hybridized carbons (Fsp3) is 0.267. The smallest absolute Gasteiger partial charge is 0.329 e. The number of carbonyl (C=O) groups is 2. The Labute approximate surface area is 123 Å². The molecule has 2 amide bonds. The van der Waals surface area contributed by atoms with Crippen LogP contribution in [0.1, 0.15) is 19.4 Å². The first-order chi connectivity index (χ1) is 10.0. The molecule has 0 saturated heterocycles. The Morgan fingerprint density at radius 2 is 2.14 bits per heavy atom. The molecule has 1 rings (SSSR count). The van der Waals surface area contributed by atoms with Crippen LogP contribution >= 0.6 is 0 Å². The number of nitrogens with zero attached hydrogens (tertiary/aromatic N) is 1. The Bertz CT molecular complexity index is 539. The molecule has 0 bridgehead atoms. The fourth-order valence-electron chi connectivity index (χ4n) is 1.38. The van der Waals surface area contributed by atoms with Crippen molar-refractivity contribution in [2.75, 3.05) is 6.61 Å². The molecule has 6 heteroatoms. The molecule has 112 valence electrons. The van der Waals surface area contributed by atoms with E-state index in [-0.39, 0.29) is 6.04 Å². The van der Waals surface area contributed by atoms with Crippen molar-refractivity contribution >= 4 is 18.0 Å². The second-order valence-electron chi connectivity index (χ2n) is 4.50. The summed E-state index contributed by atoms with van der Waals surface area (Å²) in [7, 11) is 0. The van der Waals surface area contributed by atoms with E-state index in [1.54, 1.807) is 44.2 Å². The maximum Gasteiger partial charge on any atom is 0.329 e. The van der Waals surface area contributed by atoms with Crippen LogP contribution in [0.15, 0.2) is 42.0 Å². The number of nitrogens with one attached hydrogen (secondary N) is 2. The molecule has 0 heterocycles. The lowest BCUT2D eigenvalue weighted by Gasteiger charge is -2.06. The molecule has 1 aromatic rings. The van der Waals surface area contributed by atoms with Gasteiger partial charge < -0.3 is 10.1 Å². The van der Waals surface area contributed by atoms with Gasteiger partial charge in [0.2, 0.25) is 0 Å². The van der Waals surface area contributed by atoms with Gasteiger partial charge in [0, 0.05) is 6.04 Å². The number of benzene rings is 1. The van der Waals surface area contributed by atoms with E-state index in [1.807, 2.05) is 0 Å². The summed E-state index contributed by atoms with van der Waals surface area (Å²) in [5.74, 6) is -0.855. The van der Waals surface area contributed by atoms with Gasteiger partial charge in [-0.25, -0.2) is 5.43 Å². The van der Waals surface area contributed by atoms with Crippen molar-refractivity contribution in [3.63, 3.8) is 0 Å². The first-order valence-corrected chi connectivity index (χ1v) is 6.50. The molecule has 0 aliphatic heterocycles. The summed E-state index contributed by atoms with van der Waals surface area (Å²) in [6, 6.07) is 7.05. The molecule has 0 aliphatic rings. The molecular weight excluding hydrogens is 270 g/mol. The molecule has 0 aromatic heterocycles. The van der Waals surface area contributed by atoms with Crippen molar-refractivity contribution in [1.82, 2.24) is 10.7 Å². The zero-order valence-corrected chi connectivity index (χ0v) is 12.1. The topological polar surface area (TPSA) is 79.8 Å². The zero-order chi connectivity index (χ0) is 15.7. The standard InChI is InChI=1S/C15H19N3O3/c1-4-8-21-13-7-5-6-12(9-13)10-16-18-15(20)14(19)17-11(2)3/h4-7,9-11H,1,8H2,2-3H3,(H,17,19)(H,18,20)/b16-10+. The van der Waals surface area contributed by atoms with Gasteiger partial charge in [0.25, 0.3) is 0 Å². The molecule has 6 nitrogen and oxygen atoms in total. The molecule has 0 radical (unpaired) electrons. The zero-order valence-electron chi connectivity index (χ0n) is 12.1. The lowest BCUT2D eigenvalue weighted by atomic mass is 10.2. The van der Waals surface area contributed by atoms with Crippen LogP contribution in [0.3, 0.4) is 0 Å². The average Bonchev–Trinajstić information content (AvgIpc) is 2.44. The van der Waals surface area contributed by atoms with E-state index in [9.17, 15) is 9.59 Å². The number of hydrazone groups is 1. The number of amides is 2. The summed E-state index contributed by atoms with van der Waals surface area (Å²) in [4.78, 5) is 22.7. The molecule has 2 N–H and O–H groups in total. The largest absolute Gasteiger partial charge is 0.490 e. The van der Waals surface area contributed by atoms with E-state index in [2.05, 4.69) is 22.4 Å². The second-order valence-corrected chi connectivity index (χ2v) is 4.50. The van der Waals surface area contributed by atoms with Gasteiger partial charge in [-0.1, -0.05) is 24.8 Å². The molecule has 0 saturated carbocycles. The second kappa shape index (κ2) is 8.52. The Kier molecular flexibility index (Phi) is 6.67. The van der Waals surface area contributed by atoms with Crippen LogP contribution in [0, 0.1) is 0 Å². The summed E-state index contributed by atoms with van der Waals surface area (Å²) in [6.45, 7) is 7.51. The Morgan fingerprint density at radius 3 is 2.81 bits per heavy atom. The Hall–Kier alpha value is -2.63. The van der Waals surface area contributed by atoms with Gasteiger partial charge in [0.15, 0.2) is 0 Å².